The van der Waals surface area contributed by atoms with E-state index in [2.05, 4.69) is 17.6 Å². The molecule has 3 N–H and O–H groups in total. The largest absolute Gasteiger partial charge is 0.444 e. The predicted octanol–water partition coefficient (Wildman–Crippen LogP) is 5.20. The molecule has 0 bridgehead atoms. The molecule has 2 atom stereocenters. The molecule has 208 valence electrons. The molecule has 0 aliphatic carbocycles. The third-order valence-electron chi connectivity index (χ3n) is 6.14. The number of nitrogens with one attached hydrogen (secondary N) is 2. The quantitative estimate of drug-likeness (QED) is 0.350. The molecule has 8 nitrogen and oxygen atoms in total. The first-order chi connectivity index (χ1) is 17.9. The molecule has 0 heterocycles. The summed E-state index contributed by atoms with van der Waals surface area (Å²) < 4.78 is 5.30. The van der Waals surface area contributed by atoms with E-state index in [0.717, 1.165) is 29.5 Å². The Morgan fingerprint density at radius 3 is 2.26 bits per heavy atom. The second-order valence-corrected chi connectivity index (χ2v) is 10.7. The Balaban J connectivity index is 2.53. The van der Waals surface area contributed by atoms with Gasteiger partial charge in [0.05, 0.1) is 6.61 Å². The predicted molar refractivity (Wildman–Crippen MR) is 150 cm³/mol. The summed E-state index contributed by atoms with van der Waals surface area (Å²) in [5.74, 6) is -0.926. The number of alkyl carbamates (subject to hydrolysis) is 1. The van der Waals surface area contributed by atoms with E-state index >= 15 is 0 Å². The Labute approximate surface area is 226 Å². The van der Waals surface area contributed by atoms with Crippen LogP contribution in [0.5, 0.6) is 0 Å². The highest BCUT2D eigenvalue weighted by Crippen LogP contribution is 2.29. The summed E-state index contributed by atoms with van der Waals surface area (Å²) in [4.78, 5) is 41.8. The number of unbranched alkanes of at least 4 members (excludes halogenated alkanes) is 2. The molecule has 2 rings (SSSR count). The topological polar surface area (TPSA) is 108 Å². The minimum atomic E-state index is -1.27. The van der Waals surface area contributed by atoms with E-state index in [4.69, 9.17) is 4.74 Å². The van der Waals surface area contributed by atoms with Crippen molar-refractivity contribution >= 4 is 23.6 Å². The molecule has 2 aromatic carbocycles. The van der Waals surface area contributed by atoms with Crippen LogP contribution in [0.3, 0.4) is 0 Å². The Hall–Kier alpha value is -3.39. The normalized spacial score (nSPS) is 12.8. The molecule has 2 aromatic rings. The fourth-order valence-electron chi connectivity index (χ4n) is 4.23. The third kappa shape index (κ3) is 8.87. The number of ether oxygens (including phenoxy) is 1. The summed E-state index contributed by atoms with van der Waals surface area (Å²) in [5, 5.41) is 15.6. The number of hydrogen-bond donors (Lipinski definition) is 3. The van der Waals surface area contributed by atoms with Crippen LogP contribution in [0.2, 0.25) is 0 Å². The fourth-order valence-corrected chi connectivity index (χ4v) is 4.23. The van der Waals surface area contributed by atoms with Gasteiger partial charge >= 0.3 is 6.09 Å². The average Bonchev–Trinajstić information content (AvgIpc) is 2.83. The van der Waals surface area contributed by atoms with Gasteiger partial charge in [-0.2, -0.15) is 0 Å². The van der Waals surface area contributed by atoms with Crippen LogP contribution in [0, 0.1) is 20.8 Å². The number of anilines is 1. The van der Waals surface area contributed by atoms with Crippen LogP contribution < -0.4 is 10.6 Å². The minimum absolute atomic E-state index is 0.276. The number of carbonyl (C=O) groups excluding carboxylic acids is 3. The van der Waals surface area contributed by atoms with Crippen LogP contribution in [0.4, 0.5) is 10.5 Å². The average molecular weight is 526 g/mol. The van der Waals surface area contributed by atoms with Gasteiger partial charge in [-0.15, -0.1) is 0 Å². The molecular weight excluding hydrogens is 482 g/mol. The smallest absolute Gasteiger partial charge is 0.408 e. The Morgan fingerprint density at radius 2 is 1.68 bits per heavy atom. The van der Waals surface area contributed by atoms with E-state index in [-0.39, 0.29) is 12.5 Å². The molecule has 8 heteroatoms. The Morgan fingerprint density at radius 1 is 1.00 bits per heavy atom. The van der Waals surface area contributed by atoms with Crippen LogP contribution >= 0.6 is 0 Å². The van der Waals surface area contributed by atoms with Crippen LogP contribution in [0.15, 0.2) is 42.5 Å². The number of aliphatic hydroxyl groups is 1. The SMILES string of the molecule is CCCCCN(C(=O)C(CO)NC(=O)OC(C)(C)C)C(C(=O)Nc1ccccc1C)c1ccc(C)cc1C. The molecule has 3 amide bonds. The van der Waals surface area contributed by atoms with E-state index in [0.29, 0.717) is 17.7 Å². The van der Waals surface area contributed by atoms with Gasteiger partial charge in [-0.05, 0) is 70.7 Å². The molecule has 0 saturated heterocycles. The highest BCUT2D eigenvalue weighted by Gasteiger charge is 2.36. The van der Waals surface area contributed by atoms with Crippen molar-refractivity contribution in [3.05, 3.63) is 64.7 Å². The van der Waals surface area contributed by atoms with Crippen molar-refractivity contribution in [1.82, 2.24) is 10.2 Å². The number of amides is 3. The van der Waals surface area contributed by atoms with Crippen molar-refractivity contribution in [3.8, 4) is 0 Å². The highest BCUT2D eigenvalue weighted by atomic mass is 16.6. The zero-order valence-corrected chi connectivity index (χ0v) is 23.8. The van der Waals surface area contributed by atoms with E-state index in [1.165, 1.54) is 4.90 Å². The van der Waals surface area contributed by atoms with Crippen molar-refractivity contribution in [2.24, 2.45) is 0 Å². The molecule has 0 spiro atoms. The van der Waals surface area contributed by atoms with Gasteiger partial charge in [0.2, 0.25) is 5.91 Å². The van der Waals surface area contributed by atoms with Crippen molar-refractivity contribution in [2.45, 2.75) is 85.4 Å². The standard InChI is InChI=1S/C30H43N3O5/c1-8-9-12-17-33(28(36)25(19-34)32-29(37)38-30(5,6)7)26(23-16-15-20(2)18-22(23)4)27(35)31-24-14-11-10-13-21(24)3/h10-11,13-16,18,25-26,34H,8-9,12,17,19H2,1-7H3,(H,31,35)(H,32,37). The zero-order valence-electron chi connectivity index (χ0n) is 23.8. The van der Waals surface area contributed by atoms with Gasteiger partial charge in [0.25, 0.3) is 5.91 Å². The first kappa shape index (κ1) is 30.8. The van der Waals surface area contributed by atoms with Gasteiger partial charge in [-0.25, -0.2) is 4.79 Å². The van der Waals surface area contributed by atoms with Crippen LogP contribution in [-0.4, -0.2) is 52.7 Å². The molecule has 0 aromatic heterocycles. The molecule has 0 saturated carbocycles. The number of aliphatic hydroxyl groups excluding tert-OH is 1. The number of para-hydroxylation sites is 1. The molecule has 38 heavy (non-hydrogen) atoms. The van der Waals surface area contributed by atoms with Crippen molar-refractivity contribution in [1.29, 1.82) is 0 Å². The lowest BCUT2D eigenvalue weighted by Gasteiger charge is -2.35. The Kier molecular flexibility index (Phi) is 11.3. The fraction of sp³-hybridized carbons (Fsp3) is 0.500. The van der Waals surface area contributed by atoms with Gasteiger partial charge in [-0.3, -0.25) is 9.59 Å². The van der Waals surface area contributed by atoms with Gasteiger partial charge in [0, 0.05) is 12.2 Å². The van der Waals surface area contributed by atoms with Gasteiger partial charge in [0.1, 0.15) is 17.7 Å². The van der Waals surface area contributed by atoms with Gasteiger partial charge in [0.15, 0.2) is 0 Å². The van der Waals surface area contributed by atoms with E-state index in [9.17, 15) is 19.5 Å². The van der Waals surface area contributed by atoms with Crippen LogP contribution in [0.1, 0.15) is 75.3 Å². The molecule has 0 aliphatic heterocycles. The molecular formula is C30H43N3O5. The number of hydrogen-bond acceptors (Lipinski definition) is 5. The maximum absolute atomic E-state index is 13.9. The zero-order chi connectivity index (χ0) is 28.5. The number of nitrogens with zero attached hydrogens (tertiary/aromatic N) is 1. The molecule has 0 fully saturated rings. The number of rotatable bonds is 11. The number of aryl methyl sites for hydroxylation is 3. The summed E-state index contributed by atoms with van der Waals surface area (Å²) >= 11 is 0. The maximum atomic E-state index is 13.9. The number of benzene rings is 2. The van der Waals surface area contributed by atoms with Gasteiger partial charge in [-0.1, -0.05) is 61.7 Å². The maximum Gasteiger partial charge on any atom is 0.408 e. The molecule has 0 radical (unpaired) electrons. The van der Waals surface area contributed by atoms with E-state index < -0.39 is 36.3 Å². The van der Waals surface area contributed by atoms with Crippen molar-refractivity contribution < 1.29 is 24.2 Å². The third-order valence-corrected chi connectivity index (χ3v) is 6.14. The monoisotopic (exact) mass is 525 g/mol. The summed E-state index contributed by atoms with van der Waals surface area (Å²) in [5.41, 5.74) is 3.35. The molecule has 0 aliphatic rings. The summed E-state index contributed by atoms with van der Waals surface area (Å²) in [6.45, 7) is 12.6. The summed E-state index contributed by atoms with van der Waals surface area (Å²) in [6, 6.07) is 10.9. The second-order valence-electron chi connectivity index (χ2n) is 10.7. The first-order valence-electron chi connectivity index (χ1n) is 13.2. The van der Waals surface area contributed by atoms with E-state index in [1.54, 1.807) is 20.8 Å². The Bertz CT molecular complexity index is 1110. The number of carbonyl (C=O) groups is 3. The lowest BCUT2D eigenvalue weighted by molar-refractivity contribution is -0.141. The second kappa shape index (κ2) is 14.0. The summed E-state index contributed by atoms with van der Waals surface area (Å²) in [7, 11) is 0. The minimum Gasteiger partial charge on any atom is -0.444 e. The lowest BCUT2D eigenvalue weighted by atomic mass is 9.96. The first-order valence-corrected chi connectivity index (χ1v) is 13.2. The van der Waals surface area contributed by atoms with E-state index in [1.807, 2.05) is 63.2 Å². The summed E-state index contributed by atoms with van der Waals surface area (Å²) in [6.07, 6.45) is 1.62. The van der Waals surface area contributed by atoms with Crippen LogP contribution in [0.25, 0.3) is 0 Å². The molecule has 2 unspecified atom stereocenters. The van der Waals surface area contributed by atoms with Crippen LogP contribution in [-0.2, 0) is 14.3 Å². The van der Waals surface area contributed by atoms with Crippen molar-refractivity contribution in [2.75, 3.05) is 18.5 Å². The van der Waals surface area contributed by atoms with Gasteiger partial charge < -0.3 is 25.4 Å². The van der Waals surface area contributed by atoms with Crippen molar-refractivity contribution in [3.63, 3.8) is 0 Å². The lowest BCUT2D eigenvalue weighted by Crippen LogP contribution is -2.54. The highest BCUT2D eigenvalue weighted by molar-refractivity contribution is 5.99.